The molecular weight excluding hydrogens is 332 g/mol. The topological polar surface area (TPSA) is 42.4 Å². The summed E-state index contributed by atoms with van der Waals surface area (Å²) in [7, 11) is 1.64. The standard InChI is InChI=1S/C16H17BrN2O2/c1-3-19(11-12-4-7-14(21-2)8-5-12)16(20)15-9-6-13(17)10-18-15/h4-10H,3,11H2,1-2H3. The number of rotatable bonds is 5. The molecule has 0 bridgehead atoms. The molecule has 1 aromatic carbocycles. The number of benzene rings is 1. The Morgan fingerprint density at radius 1 is 1.24 bits per heavy atom. The van der Waals surface area contributed by atoms with Crippen LogP contribution in [0.4, 0.5) is 0 Å². The summed E-state index contributed by atoms with van der Waals surface area (Å²) in [6.45, 7) is 3.14. The maximum atomic E-state index is 12.4. The van der Waals surface area contributed by atoms with Gasteiger partial charge in [-0.25, -0.2) is 4.98 Å². The number of halogens is 1. The number of nitrogens with zero attached hydrogens (tertiary/aromatic N) is 2. The van der Waals surface area contributed by atoms with Gasteiger partial charge in [-0.2, -0.15) is 0 Å². The van der Waals surface area contributed by atoms with E-state index in [1.165, 1.54) is 0 Å². The van der Waals surface area contributed by atoms with E-state index in [2.05, 4.69) is 20.9 Å². The monoisotopic (exact) mass is 348 g/mol. The van der Waals surface area contributed by atoms with Gasteiger partial charge in [-0.15, -0.1) is 0 Å². The van der Waals surface area contributed by atoms with E-state index in [0.717, 1.165) is 15.8 Å². The van der Waals surface area contributed by atoms with Crippen LogP contribution in [0, 0.1) is 0 Å². The van der Waals surface area contributed by atoms with Gasteiger partial charge in [0.2, 0.25) is 0 Å². The van der Waals surface area contributed by atoms with Crippen LogP contribution in [0.25, 0.3) is 0 Å². The van der Waals surface area contributed by atoms with E-state index in [1.807, 2.05) is 37.3 Å². The molecular formula is C16H17BrN2O2. The fraction of sp³-hybridized carbons (Fsp3) is 0.250. The molecule has 2 aromatic rings. The second-order valence-electron chi connectivity index (χ2n) is 4.53. The minimum absolute atomic E-state index is 0.0687. The first-order chi connectivity index (χ1) is 10.1. The average molecular weight is 349 g/mol. The van der Waals surface area contributed by atoms with E-state index in [4.69, 9.17) is 4.74 Å². The summed E-state index contributed by atoms with van der Waals surface area (Å²) in [6.07, 6.45) is 1.63. The first kappa shape index (κ1) is 15.5. The molecule has 5 heteroatoms. The maximum Gasteiger partial charge on any atom is 0.272 e. The number of hydrogen-bond donors (Lipinski definition) is 0. The van der Waals surface area contributed by atoms with Crippen LogP contribution in [0.15, 0.2) is 47.1 Å². The summed E-state index contributed by atoms with van der Waals surface area (Å²) in [5.41, 5.74) is 1.51. The first-order valence-corrected chi connectivity index (χ1v) is 7.47. The second kappa shape index (κ2) is 7.22. The summed E-state index contributed by atoms with van der Waals surface area (Å²) < 4.78 is 5.99. The molecule has 0 radical (unpaired) electrons. The molecule has 0 aliphatic carbocycles. The number of carbonyl (C=O) groups is 1. The van der Waals surface area contributed by atoms with Gasteiger partial charge in [-0.05, 0) is 52.7 Å². The number of ether oxygens (including phenoxy) is 1. The van der Waals surface area contributed by atoms with E-state index in [9.17, 15) is 4.79 Å². The zero-order chi connectivity index (χ0) is 15.2. The van der Waals surface area contributed by atoms with Crippen molar-refractivity contribution in [2.45, 2.75) is 13.5 Å². The highest BCUT2D eigenvalue weighted by Crippen LogP contribution is 2.15. The number of pyridine rings is 1. The van der Waals surface area contributed by atoms with Crippen LogP contribution < -0.4 is 4.74 Å². The van der Waals surface area contributed by atoms with Gasteiger partial charge in [-0.3, -0.25) is 4.79 Å². The molecule has 110 valence electrons. The third-order valence-corrected chi connectivity index (χ3v) is 3.62. The molecule has 2 rings (SSSR count). The van der Waals surface area contributed by atoms with Crippen LogP contribution in [-0.4, -0.2) is 29.4 Å². The Kier molecular flexibility index (Phi) is 5.33. The van der Waals surface area contributed by atoms with E-state index in [1.54, 1.807) is 24.3 Å². The van der Waals surface area contributed by atoms with Crippen molar-refractivity contribution in [2.24, 2.45) is 0 Å². The van der Waals surface area contributed by atoms with Gasteiger partial charge in [0.05, 0.1) is 7.11 Å². The highest BCUT2D eigenvalue weighted by Gasteiger charge is 2.15. The number of carbonyl (C=O) groups excluding carboxylic acids is 1. The maximum absolute atomic E-state index is 12.4. The molecule has 0 unspecified atom stereocenters. The van der Waals surface area contributed by atoms with E-state index in [-0.39, 0.29) is 5.91 Å². The van der Waals surface area contributed by atoms with Gasteiger partial charge < -0.3 is 9.64 Å². The largest absolute Gasteiger partial charge is 0.497 e. The predicted molar refractivity (Wildman–Crippen MR) is 85.3 cm³/mol. The molecule has 1 aromatic heterocycles. The molecule has 4 nitrogen and oxygen atoms in total. The van der Waals surface area contributed by atoms with Crippen LogP contribution in [0.1, 0.15) is 23.0 Å². The zero-order valence-electron chi connectivity index (χ0n) is 12.0. The molecule has 1 heterocycles. The van der Waals surface area contributed by atoms with Crippen LogP contribution in [0.3, 0.4) is 0 Å². The smallest absolute Gasteiger partial charge is 0.272 e. The van der Waals surface area contributed by atoms with Crippen molar-refractivity contribution >= 4 is 21.8 Å². The minimum atomic E-state index is -0.0687. The number of methoxy groups -OCH3 is 1. The van der Waals surface area contributed by atoms with Crippen molar-refractivity contribution < 1.29 is 9.53 Å². The van der Waals surface area contributed by atoms with Crippen molar-refractivity contribution in [2.75, 3.05) is 13.7 Å². The molecule has 0 saturated heterocycles. The van der Waals surface area contributed by atoms with Crippen molar-refractivity contribution in [3.8, 4) is 5.75 Å². The molecule has 0 saturated carbocycles. The molecule has 0 N–H and O–H groups in total. The third kappa shape index (κ3) is 4.04. The summed E-state index contributed by atoms with van der Waals surface area (Å²) in [5, 5.41) is 0. The van der Waals surface area contributed by atoms with Gasteiger partial charge in [0.15, 0.2) is 0 Å². The van der Waals surface area contributed by atoms with Crippen molar-refractivity contribution in [1.29, 1.82) is 0 Å². The van der Waals surface area contributed by atoms with Crippen molar-refractivity contribution in [3.05, 3.63) is 58.3 Å². The highest BCUT2D eigenvalue weighted by molar-refractivity contribution is 9.10. The Bertz CT molecular complexity index is 597. The van der Waals surface area contributed by atoms with Crippen LogP contribution in [0.5, 0.6) is 5.75 Å². The van der Waals surface area contributed by atoms with Gasteiger partial charge in [0.1, 0.15) is 11.4 Å². The summed E-state index contributed by atoms with van der Waals surface area (Å²) in [6, 6.07) is 11.3. The summed E-state index contributed by atoms with van der Waals surface area (Å²) in [5.74, 6) is 0.739. The number of hydrogen-bond acceptors (Lipinski definition) is 3. The number of amides is 1. The van der Waals surface area contributed by atoms with Gasteiger partial charge in [0, 0.05) is 23.8 Å². The Morgan fingerprint density at radius 2 is 1.95 bits per heavy atom. The third-order valence-electron chi connectivity index (χ3n) is 3.15. The lowest BCUT2D eigenvalue weighted by Crippen LogP contribution is -2.30. The average Bonchev–Trinajstić information content (AvgIpc) is 2.53. The fourth-order valence-electron chi connectivity index (χ4n) is 1.94. The van der Waals surface area contributed by atoms with E-state index in [0.29, 0.717) is 18.8 Å². The summed E-state index contributed by atoms with van der Waals surface area (Å²) in [4.78, 5) is 18.4. The van der Waals surface area contributed by atoms with Gasteiger partial charge in [0.25, 0.3) is 5.91 Å². The van der Waals surface area contributed by atoms with Crippen molar-refractivity contribution in [1.82, 2.24) is 9.88 Å². The fourth-order valence-corrected chi connectivity index (χ4v) is 2.18. The molecule has 1 amide bonds. The quantitative estimate of drug-likeness (QED) is 0.830. The molecule has 21 heavy (non-hydrogen) atoms. The lowest BCUT2D eigenvalue weighted by molar-refractivity contribution is 0.0746. The van der Waals surface area contributed by atoms with Crippen molar-refractivity contribution in [3.63, 3.8) is 0 Å². The lowest BCUT2D eigenvalue weighted by atomic mass is 10.2. The van der Waals surface area contributed by atoms with Gasteiger partial charge in [-0.1, -0.05) is 12.1 Å². The first-order valence-electron chi connectivity index (χ1n) is 6.67. The summed E-state index contributed by atoms with van der Waals surface area (Å²) >= 11 is 3.32. The van der Waals surface area contributed by atoms with Gasteiger partial charge >= 0.3 is 0 Å². The van der Waals surface area contributed by atoms with Crippen LogP contribution in [0.2, 0.25) is 0 Å². The second-order valence-corrected chi connectivity index (χ2v) is 5.44. The Morgan fingerprint density at radius 3 is 2.48 bits per heavy atom. The molecule has 0 spiro atoms. The number of aromatic nitrogens is 1. The lowest BCUT2D eigenvalue weighted by Gasteiger charge is -2.20. The van der Waals surface area contributed by atoms with E-state index >= 15 is 0 Å². The highest BCUT2D eigenvalue weighted by atomic mass is 79.9. The van der Waals surface area contributed by atoms with E-state index < -0.39 is 0 Å². The van der Waals surface area contributed by atoms with Crippen LogP contribution in [-0.2, 0) is 6.54 Å². The SMILES string of the molecule is CCN(Cc1ccc(OC)cc1)C(=O)c1ccc(Br)cn1. The Balaban J connectivity index is 2.11. The minimum Gasteiger partial charge on any atom is -0.497 e. The Hall–Kier alpha value is -1.88. The molecule has 0 fully saturated rings. The predicted octanol–water partition coefficient (Wildman–Crippen LogP) is 3.52. The molecule has 0 aliphatic heterocycles. The normalized spacial score (nSPS) is 10.2. The van der Waals surface area contributed by atoms with Crippen LogP contribution >= 0.6 is 15.9 Å². The Labute approximate surface area is 132 Å². The molecule has 0 atom stereocenters. The molecule has 0 aliphatic rings. The zero-order valence-corrected chi connectivity index (χ0v) is 13.6.